The van der Waals surface area contributed by atoms with Crippen molar-refractivity contribution in [3.8, 4) is 17.2 Å². The van der Waals surface area contributed by atoms with E-state index >= 15 is 0 Å². The van der Waals surface area contributed by atoms with E-state index in [1.807, 2.05) is 6.92 Å². The zero-order valence-electron chi connectivity index (χ0n) is 13.4. The van der Waals surface area contributed by atoms with Gasteiger partial charge in [-0.3, -0.25) is 0 Å². The van der Waals surface area contributed by atoms with Crippen molar-refractivity contribution in [2.45, 2.75) is 44.5 Å². The van der Waals surface area contributed by atoms with Gasteiger partial charge in [-0.05, 0) is 12.5 Å². The van der Waals surface area contributed by atoms with Crippen LogP contribution in [0.15, 0.2) is 6.07 Å². The predicted octanol–water partition coefficient (Wildman–Crippen LogP) is 1.53. The lowest BCUT2D eigenvalue weighted by molar-refractivity contribution is -0.0485. The van der Waals surface area contributed by atoms with E-state index in [1.54, 1.807) is 0 Å². The number of aliphatic hydroxyl groups is 2. The number of hydrogen-bond donors (Lipinski definition) is 3. The lowest BCUT2D eigenvalue weighted by Crippen LogP contribution is -2.35. The first kappa shape index (κ1) is 17.4. The van der Waals surface area contributed by atoms with Crippen molar-refractivity contribution in [2.75, 3.05) is 14.2 Å². The quantitative estimate of drug-likeness (QED) is 0.681. The number of aliphatic hydroxyl groups excluding tert-OH is 2. The monoisotopic (exact) mass is 326 g/mol. The van der Waals surface area contributed by atoms with Gasteiger partial charge in [-0.1, -0.05) is 13.3 Å². The smallest absolute Gasteiger partial charge is 0.342 e. The SMILES string of the molecule is CCC[C@H](O)C[C@H]1OC(=O)c2c(cc(OC)c(OC)c2O)[C@@H]1O. The number of esters is 1. The number of benzene rings is 1. The van der Waals surface area contributed by atoms with Crippen LogP contribution in [0, 0.1) is 0 Å². The van der Waals surface area contributed by atoms with Gasteiger partial charge in [0.2, 0.25) is 5.75 Å². The van der Waals surface area contributed by atoms with Crippen molar-refractivity contribution in [3.05, 3.63) is 17.2 Å². The molecule has 0 unspecified atom stereocenters. The maximum atomic E-state index is 12.2. The number of hydrogen-bond acceptors (Lipinski definition) is 7. The number of carbonyl (C=O) groups excluding carboxylic acids is 1. The molecule has 0 saturated carbocycles. The normalized spacial score (nSPS) is 21.3. The Morgan fingerprint density at radius 3 is 2.61 bits per heavy atom. The van der Waals surface area contributed by atoms with Crippen LogP contribution in [0.2, 0.25) is 0 Å². The van der Waals surface area contributed by atoms with Crippen LogP contribution in [-0.2, 0) is 4.74 Å². The fourth-order valence-corrected chi connectivity index (χ4v) is 2.80. The highest BCUT2D eigenvalue weighted by molar-refractivity contribution is 5.97. The Bertz CT molecular complexity index is 584. The second kappa shape index (κ2) is 7.06. The summed E-state index contributed by atoms with van der Waals surface area (Å²) < 4.78 is 15.4. The molecule has 128 valence electrons. The molecule has 0 bridgehead atoms. The Morgan fingerprint density at radius 2 is 2.04 bits per heavy atom. The molecule has 3 atom stereocenters. The van der Waals surface area contributed by atoms with E-state index in [4.69, 9.17) is 14.2 Å². The second-order valence-corrected chi connectivity index (χ2v) is 5.49. The molecule has 0 aliphatic carbocycles. The maximum absolute atomic E-state index is 12.2. The summed E-state index contributed by atoms with van der Waals surface area (Å²) in [5.74, 6) is -0.999. The second-order valence-electron chi connectivity index (χ2n) is 5.49. The largest absolute Gasteiger partial charge is 0.504 e. The number of phenols is 1. The van der Waals surface area contributed by atoms with Crippen LogP contribution in [0.5, 0.6) is 17.2 Å². The first-order valence-corrected chi connectivity index (χ1v) is 7.49. The molecule has 1 aliphatic heterocycles. The highest BCUT2D eigenvalue weighted by atomic mass is 16.6. The van der Waals surface area contributed by atoms with Crippen molar-refractivity contribution >= 4 is 5.97 Å². The Labute approximate surface area is 134 Å². The predicted molar refractivity (Wildman–Crippen MR) is 80.9 cm³/mol. The van der Waals surface area contributed by atoms with Gasteiger partial charge in [0, 0.05) is 12.0 Å². The molecule has 0 fully saturated rings. The van der Waals surface area contributed by atoms with E-state index in [-0.39, 0.29) is 29.0 Å². The number of carbonyl (C=O) groups is 1. The number of ether oxygens (including phenoxy) is 3. The minimum atomic E-state index is -1.17. The summed E-state index contributed by atoms with van der Waals surface area (Å²) in [7, 11) is 2.72. The van der Waals surface area contributed by atoms with Gasteiger partial charge in [0.15, 0.2) is 11.5 Å². The number of cyclic esters (lactones) is 1. The van der Waals surface area contributed by atoms with Gasteiger partial charge >= 0.3 is 5.97 Å². The van der Waals surface area contributed by atoms with Crippen LogP contribution < -0.4 is 9.47 Å². The maximum Gasteiger partial charge on any atom is 0.342 e. The minimum Gasteiger partial charge on any atom is -0.504 e. The molecule has 0 saturated heterocycles. The lowest BCUT2D eigenvalue weighted by atomic mass is 9.91. The molecule has 0 aromatic heterocycles. The van der Waals surface area contributed by atoms with Gasteiger partial charge in [0.05, 0.1) is 20.3 Å². The van der Waals surface area contributed by atoms with Gasteiger partial charge in [-0.25, -0.2) is 4.79 Å². The number of rotatable bonds is 6. The third kappa shape index (κ3) is 3.20. The summed E-state index contributed by atoms with van der Waals surface area (Å²) in [5, 5.41) is 30.6. The molecule has 3 N–H and O–H groups in total. The molecule has 1 aliphatic rings. The Morgan fingerprint density at radius 1 is 1.35 bits per heavy atom. The molecule has 1 aromatic carbocycles. The van der Waals surface area contributed by atoms with E-state index < -0.39 is 30.0 Å². The molecule has 7 heteroatoms. The van der Waals surface area contributed by atoms with E-state index in [2.05, 4.69) is 0 Å². The highest BCUT2D eigenvalue weighted by Crippen LogP contribution is 2.46. The van der Waals surface area contributed by atoms with Crippen LogP contribution in [0.4, 0.5) is 0 Å². The molecule has 7 nitrogen and oxygen atoms in total. The third-order valence-electron chi connectivity index (χ3n) is 3.93. The van der Waals surface area contributed by atoms with E-state index in [0.29, 0.717) is 6.42 Å². The van der Waals surface area contributed by atoms with Crippen LogP contribution >= 0.6 is 0 Å². The summed E-state index contributed by atoms with van der Waals surface area (Å²) in [6.45, 7) is 1.93. The molecule has 0 spiro atoms. The highest BCUT2D eigenvalue weighted by Gasteiger charge is 2.39. The van der Waals surface area contributed by atoms with Crippen molar-refractivity contribution < 1.29 is 34.3 Å². The van der Waals surface area contributed by atoms with Crippen LogP contribution in [0.25, 0.3) is 0 Å². The number of fused-ring (bicyclic) bond motifs is 1. The molecule has 23 heavy (non-hydrogen) atoms. The van der Waals surface area contributed by atoms with Crippen molar-refractivity contribution in [3.63, 3.8) is 0 Å². The lowest BCUT2D eigenvalue weighted by Gasteiger charge is -2.31. The summed E-state index contributed by atoms with van der Waals surface area (Å²) in [6.07, 6.45) is -1.28. The summed E-state index contributed by atoms with van der Waals surface area (Å²) in [5.41, 5.74) is 0.0569. The molecule has 2 rings (SSSR count). The zero-order chi connectivity index (χ0) is 17.1. The summed E-state index contributed by atoms with van der Waals surface area (Å²) in [6, 6.07) is 1.44. The van der Waals surface area contributed by atoms with Gasteiger partial charge in [0.25, 0.3) is 0 Å². The van der Waals surface area contributed by atoms with Crippen LogP contribution in [0.3, 0.4) is 0 Å². The van der Waals surface area contributed by atoms with Gasteiger partial charge in [0.1, 0.15) is 17.8 Å². The average molecular weight is 326 g/mol. The van der Waals surface area contributed by atoms with Gasteiger partial charge in [-0.15, -0.1) is 0 Å². The first-order chi connectivity index (χ1) is 10.9. The average Bonchev–Trinajstić information content (AvgIpc) is 2.51. The van der Waals surface area contributed by atoms with Crippen molar-refractivity contribution in [2.24, 2.45) is 0 Å². The molecule has 1 heterocycles. The fraction of sp³-hybridized carbons (Fsp3) is 0.562. The Balaban J connectivity index is 2.41. The standard InChI is InChI=1S/C16H22O7/c1-4-5-8(17)6-10-13(18)9-7-11(21-2)15(22-3)14(19)12(9)16(20)23-10/h7-8,10,13,17-19H,4-6H2,1-3H3/t8-,10+,13-/m0/s1. The van der Waals surface area contributed by atoms with Gasteiger partial charge < -0.3 is 29.5 Å². The Kier molecular flexibility index (Phi) is 5.33. The Hall–Kier alpha value is -1.99. The molecule has 0 amide bonds. The summed E-state index contributed by atoms with van der Waals surface area (Å²) >= 11 is 0. The number of aromatic hydroxyl groups is 1. The van der Waals surface area contributed by atoms with Crippen molar-refractivity contribution in [1.82, 2.24) is 0 Å². The third-order valence-corrected chi connectivity index (χ3v) is 3.93. The van der Waals surface area contributed by atoms with E-state index in [9.17, 15) is 20.1 Å². The van der Waals surface area contributed by atoms with Gasteiger partial charge in [-0.2, -0.15) is 0 Å². The molecular weight excluding hydrogens is 304 g/mol. The van der Waals surface area contributed by atoms with E-state index in [1.165, 1.54) is 20.3 Å². The number of methoxy groups -OCH3 is 2. The molecular formula is C16H22O7. The van der Waals surface area contributed by atoms with Crippen molar-refractivity contribution in [1.29, 1.82) is 0 Å². The summed E-state index contributed by atoms with van der Waals surface area (Å²) in [4.78, 5) is 12.2. The van der Waals surface area contributed by atoms with Crippen LogP contribution in [-0.4, -0.2) is 47.7 Å². The minimum absolute atomic E-state index is 0.000122. The fourth-order valence-electron chi connectivity index (χ4n) is 2.80. The van der Waals surface area contributed by atoms with Crippen LogP contribution in [0.1, 0.15) is 48.2 Å². The molecule has 0 radical (unpaired) electrons. The zero-order valence-corrected chi connectivity index (χ0v) is 13.4. The first-order valence-electron chi connectivity index (χ1n) is 7.49. The number of phenolic OH excluding ortho intramolecular Hbond substituents is 1. The topological polar surface area (TPSA) is 105 Å². The molecule has 1 aromatic rings. The van der Waals surface area contributed by atoms with E-state index in [0.717, 1.165) is 6.42 Å².